The second kappa shape index (κ2) is 10.3. The molecule has 1 saturated heterocycles. The van der Waals surface area contributed by atoms with Gasteiger partial charge in [0.2, 0.25) is 0 Å². The zero-order valence-corrected chi connectivity index (χ0v) is 19.6. The molecule has 0 spiro atoms. The zero-order chi connectivity index (χ0) is 24.2. The number of hydrogen-bond donors (Lipinski definition) is 1. The largest absolute Gasteiger partial charge is 0.443 e. The van der Waals surface area contributed by atoms with Gasteiger partial charge in [-0.2, -0.15) is 0 Å². The van der Waals surface area contributed by atoms with Gasteiger partial charge in [-0.3, -0.25) is 9.59 Å². The summed E-state index contributed by atoms with van der Waals surface area (Å²) in [6, 6.07) is 13.7. The Kier molecular flexibility index (Phi) is 6.79. The average Bonchev–Trinajstić information content (AvgIpc) is 3.40. The summed E-state index contributed by atoms with van der Waals surface area (Å²) >= 11 is 0. The van der Waals surface area contributed by atoms with Gasteiger partial charge >= 0.3 is 0 Å². The van der Waals surface area contributed by atoms with Crippen LogP contribution in [0.3, 0.4) is 0 Å². The van der Waals surface area contributed by atoms with Gasteiger partial charge in [-0.05, 0) is 43.2 Å². The number of hydrogen-bond acceptors (Lipinski definition) is 5. The lowest BCUT2D eigenvalue weighted by molar-refractivity contribution is 0.0746. The molecule has 1 aromatic heterocycles. The van der Waals surface area contributed by atoms with Crippen LogP contribution in [0.25, 0.3) is 11.3 Å². The van der Waals surface area contributed by atoms with E-state index in [1.54, 1.807) is 29.2 Å². The average molecular weight is 477 g/mol. The number of nitrogens with zero attached hydrogens (tertiary/aromatic N) is 3. The summed E-state index contributed by atoms with van der Waals surface area (Å²) in [5.74, 6) is -0.337. The zero-order valence-electron chi connectivity index (χ0n) is 19.6. The van der Waals surface area contributed by atoms with Crippen LogP contribution in [0.2, 0.25) is 0 Å². The van der Waals surface area contributed by atoms with Crippen LogP contribution < -0.4 is 10.2 Å². The molecule has 0 radical (unpaired) electrons. The third-order valence-corrected chi connectivity index (χ3v) is 6.88. The second-order valence-electron chi connectivity index (χ2n) is 9.14. The number of oxazole rings is 1. The van der Waals surface area contributed by atoms with Crippen LogP contribution in [0.4, 0.5) is 10.1 Å². The molecule has 0 bridgehead atoms. The maximum absolute atomic E-state index is 13.5. The van der Waals surface area contributed by atoms with E-state index < -0.39 is 0 Å². The molecule has 0 unspecified atom stereocenters. The molecule has 2 fully saturated rings. The highest BCUT2D eigenvalue weighted by atomic mass is 19.1. The molecule has 8 heteroatoms. The Balaban J connectivity index is 1.31. The van der Waals surface area contributed by atoms with Gasteiger partial charge in [0.1, 0.15) is 5.82 Å². The van der Waals surface area contributed by atoms with E-state index in [1.807, 2.05) is 12.1 Å². The lowest BCUT2D eigenvalue weighted by Gasteiger charge is -2.36. The molecule has 1 N–H and O–H groups in total. The summed E-state index contributed by atoms with van der Waals surface area (Å²) in [5, 5.41) is 3.08. The Labute approximate surface area is 203 Å². The molecule has 2 amide bonds. The van der Waals surface area contributed by atoms with Crippen molar-refractivity contribution in [3.63, 3.8) is 0 Å². The van der Waals surface area contributed by atoms with Gasteiger partial charge in [0.05, 0.1) is 5.56 Å². The molecule has 2 aromatic carbocycles. The summed E-state index contributed by atoms with van der Waals surface area (Å²) in [4.78, 5) is 34.6. The third-order valence-electron chi connectivity index (χ3n) is 6.88. The quantitative estimate of drug-likeness (QED) is 0.586. The predicted octanol–water partition coefficient (Wildman–Crippen LogP) is 4.51. The molecule has 0 atom stereocenters. The number of piperazine rings is 1. The number of aromatic nitrogens is 1. The number of halogens is 1. The summed E-state index contributed by atoms with van der Waals surface area (Å²) in [7, 11) is 0. The van der Waals surface area contributed by atoms with Gasteiger partial charge in [-0.1, -0.05) is 37.5 Å². The van der Waals surface area contributed by atoms with Crippen LogP contribution in [0.5, 0.6) is 0 Å². The minimum atomic E-state index is -0.268. The Hall–Kier alpha value is -3.68. The van der Waals surface area contributed by atoms with Crippen LogP contribution in [-0.4, -0.2) is 53.9 Å². The molecule has 3 aromatic rings. The van der Waals surface area contributed by atoms with Crippen LogP contribution in [0, 0.1) is 5.82 Å². The molecule has 2 heterocycles. The maximum Gasteiger partial charge on any atom is 0.274 e. The molecule has 1 saturated carbocycles. The van der Waals surface area contributed by atoms with Gasteiger partial charge in [0.15, 0.2) is 17.8 Å². The maximum atomic E-state index is 13.5. The molecule has 7 nitrogen and oxygen atoms in total. The lowest BCUT2D eigenvalue weighted by atomic mass is 9.95. The first-order valence-electron chi connectivity index (χ1n) is 12.2. The van der Waals surface area contributed by atoms with E-state index in [1.165, 1.54) is 24.9 Å². The highest BCUT2D eigenvalue weighted by Gasteiger charge is 2.28. The first-order valence-corrected chi connectivity index (χ1v) is 12.2. The minimum absolute atomic E-state index is 0.116. The number of rotatable bonds is 5. The fourth-order valence-corrected chi connectivity index (χ4v) is 4.96. The van der Waals surface area contributed by atoms with Crippen molar-refractivity contribution in [1.29, 1.82) is 0 Å². The topological polar surface area (TPSA) is 78.7 Å². The highest BCUT2D eigenvalue weighted by molar-refractivity contribution is 6.04. The molecule has 1 aliphatic carbocycles. The fourth-order valence-electron chi connectivity index (χ4n) is 4.96. The monoisotopic (exact) mass is 476 g/mol. The van der Waals surface area contributed by atoms with Gasteiger partial charge in [0, 0.05) is 43.5 Å². The number of anilines is 1. The van der Waals surface area contributed by atoms with Crippen molar-refractivity contribution in [1.82, 2.24) is 15.2 Å². The van der Waals surface area contributed by atoms with E-state index >= 15 is 0 Å². The van der Waals surface area contributed by atoms with Crippen molar-refractivity contribution in [2.75, 3.05) is 31.1 Å². The molecule has 5 rings (SSSR count). The van der Waals surface area contributed by atoms with Gasteiger partial charge < -0.3 is 19.5 Å². The number of nitrogens with one attached hydrogen (secondary N) is 1. The Bertz CT molecular complexity index is 1180. The van der Waals surface area contributed by atoms with Gasteiger partial charge in [-0.15, -0.1) is 0 Å². The van der Waals surface area contributed by atoms with E-state index in [4.69, 9.17) is 4.42 Å². The summed E-state index contributed by atoms with van der Waals surface area (Å²) in [6.07, 6.45) is 6.63. The van der Waals surface area contributed by atoms with Crippen LogP contribution in [0.1, 0.15) is 53.0 Å². The van der Waals surface area contributed by atoms with Crippen molar-refractivity contribution in [2.45, 2.75) is 38.1 Å². The van der Waals surface area contributed by atoms with Gasteiger partial charge in [-0.25, -0.2) is 9.37 Å². The molecular weight excluding hydrogens is 447 g/mol. The SMILES string of the molecule is O=C(NC1CCCCC1)c1ncoc1-c1ccccc1C(=O)N1CCN(c2ccc(F)cc2)CC1. The van der Waals surface area contributed by atoms with Crippen LogP contribution in [0.15, 0.2) is 59.3 Å². The Morgan fingerprint density at radius 2 is 1.66 bits per heavy atom. The number of carbonyl (C=O) groups excluding carboxylic acids is 2. The Morgan fingerprint density at radius 3 is 2.40 bits per heavy atom. The number of benzene rings is 2. The molecule has 1 aliphatic heterocycles. The standard InChI is InChI=1S/C27H29FN4O3/c28-19-10-12-21(13-11-19)31-14-16-32(17-15-31)27(34)23-9-5-4-8-22(23)25-24(29-18-35-25)26(33)30-20-6-2-1-3-7-20/h4-5,8-13,18,20H,1-3,6-7,14-17H2,(H,30,33). The third kappa shape index (κ3) is 5.06. The number of carbonyl (C=O) groups is 2. The van der Waals surface area contributed by atoms with E-state index in [2.05, 4.69) is 15.2 Å². The normalized spacial score (nSPS) is 16.8. The van der Waals surface area contributed by atoms with E-state index in [9.17, 15) is 14.0 Å². The molecule has 35 heavy (non-hydrogen) atoms. The molecule has 182 valence electrons. The van der Waals surface area contributed by atoms with Crippen molar-refractivity contribution < 1.29 is 18.4 Å². The van der Waals surface area contributed by atoms with Crippen LogP contribution >= 0.6 is 0 Å². The van der Waals surface area contributed by atoms with Crippen LogP contribution in [-0.2, 0) is 0 Å². The van der Waals surface area contributed by atoms with Crippen molar-refractivity contribution >= 4 is 17.5 Å². The summed E-state index contributed by atoms with van der Waals surface area (Å²) in [6.45, 7) is 2.37. The Morgan fingerprint density at radius 1 is 0.943 bits per heavy atom. The predicted molar refractivity (Wildman–Crippen MR) is 131 cm³/mol. The van der Waals surface area contributed by atoms with E-state index in [-0.39, 0.29) is 29.4 Å². The lowest BCUT2D eigenvalue weighted by Crippen LogP contribution is -2.48. The number of amides is 2. The van der Waals surface area contributed by atoms with Crippen molar-refractivity contribution in [3.05, 3.63) is 72.0 Å². The summed E-state index contributed by atoms with van der Waals surface area (Å²) in [5.41, 5.74) is 2.18. The minimum Gasteiger partial charge on any atom is -0.443 e. The first kappa shape index (κ1) is 23.1. The van der Waals surface area contributed by atoms with E-state index in [0.29, 0.717) is 43.1 Å². The summed E-state index contributed by atoms with van der Waals surface area (Å²) < 4.78 is 18.9. The molecular formula is C27H29FN4O3. The fraction of sp³-hybridized carbons (Fsp3) is 0.370. The van der Waals surface area contributed by atoms with Crippen molar-refractivity contribution in [2.24, 2.45) is 0 Å². The molecule has 2 aliphatic rings. The van der Waals surface area contributed by atoms with Gasteiger partial charge in [0.25, 0.3) is 11.8 Å². The smallest absolute Gasteiger partial charge is 0.274 e. The highest BCUT2D eigenvalue weighted by Crippen LogP contribution is 2.29. The van der Waals surface area contributed by atoms with Crippen molar-refractivity contribution in [3.8, 4) is 11.3 Å². The second-order valence-corrected chi connectivity index (χ2v) is 9.14. The van der Waals surface area contributed by atoms with E-state index in [0.717, 1.165) is 31.4 Å². The first-order chi connectivity index (χ1) is 17.1.